The summed E-state index contributed by atoms with van der Waals surface area (Å²) in [5.74, 6) is 0. The lowest BCUT2D eigenvalue weighted by atomic mass is 10.0. The lowest BCUT2D eigenvalue weighted by molar-refractivity contribution is -0.138. The van der Waals surface area contributed by atoms with Crippen molar-refractivity contribution in [2.75, 3.05) is 0 Å². The average molecular weight is 249 g/mol. The Morgan fingerprint density at radius 3 is 2.50 bits per heavy atom. The zero-order valence-corrected chi connectivity index (χ0v) is 8.65. The third-order valence-corrected chi connectivity index (χ3v) is 2.08. The molecule has 1 aromatic heterocycles. The van der Waals surface area contributed by atoms with Crippen LogP contribution in [0.15, 0.2) is 6.20 Å². The molecular formula is C9H4ClF3N2O. The molecule has 0 unspecified atom stereocenters. The minimum absolute atomic E-state index is 0.100. The Morgan fingerprint density at radius 2 is 2.12 bits per heavy atom. The number of halogens is 4. The van der Waals surface area contributed by atoms with Crippen molar-refractivity contribution >= 4 is 16.8 Å². The Balaban J connectivity index is 3.70. The second kappa shape index (κ2) is 4.10. The van der Waals surface area contributed by atoms with Crippen molar-refractivity contribution in [2.45, 2.75) is 13.1 Å². The maximum absolute atomic E-state index is 12.6. The lowest BCUT2D eigenvalue weighted by Gasteiger charge is -2.12. The number of hydrogen-bond donors (Lipinski definition) is 0. The first kappa shape index (κ1) is 12.5. The van der Waals surface area contributed by atoms with Crippen LogP contribution in [-0.4, -0.2) is 10.2 Å². The molecule has 0 amide bonds. The topological polar surface area (TPSA) is 53.8 Å². The predicted octanol–water partition coefficient (Wildman–Crippen LogP) is 2.66. The fraction of sp³-hybridized carbons (Fsp3) is 0.222. The highest BCUT2D eigenvalue weighted by atomic mass is 35.5. The number of nitrogens with zero attached hydrogens (tertiary/aromatic N) is 2. The fourth-order valence-electron chi connectivity index (χ4n) is 1.19. The van der Waals surface area contributed by atoms with E-state index in [4.69, 9.17) is 16.9 Å². The Kier molecular flexibility index (Phi) is 3.19. The number of pyridine rings is 1. The molecule has 0 saturated carbocycles. The van der Waals surface area contributed by atoms with E-state index < -0.39 is 28.1 Å². The van der Waals surface area contributed by atoms with Gasteiger partial charge in [0.1, 0.15) is 6.07 Å². The summed E-state index contributed by atoms with van der Waals surface area (Å²) in [7, 11) is 0. The zero-order valence-electron chi connectivity index (χ0n) is 7.89. The summed E-state index contributed by atoms with van der Waals surface area (Å²) in [6.45, 7) is 1.25. The Hall–Kier alpha value is -1.61. The third-order valence-electron chi connectivity index (χ3n) is 1.88. The molecule has 1 heterocycles. The van der Waals surface area contributed by atoms with Gasteiger partial charge in [-0.05, 0) is 18.5 Å². The van der Waals surface area contributed by atoms with Crippen molar-refractivity contribution in [3.63, 3.8) is 0 Å². The summed E-state index contributed by atoms with van der Waals surface area (Å²) in [6, 6.07) is 1.37. The van der Waals surface area contributed by atoms with Gasteiger partial charge in [0.25, 0.3) is 5.24 Å². The van der Waals surface area contributed by atoms with Gasteiger partial charge in [0.05, 0.1) is 22.4 Å². The highest BCUT2D eigenvalue weighted by molar-refractivity contribution is 6.67. The highest BCUT2D eigenvalue weighted by Crippen LogP contribution is 2.35. The van der Waals surface area contributed by atoms with Crippen LogP contribution in [0.3, 0.4) is 0 Å². The smallest absolute Gasteiger partial charge is 0.276 e. The summed E-state index contributed by atoms with van der Waals surface area (Å²) in [4.78, 5) is 14.3. The molecule has 7 heteroatoms. The van der Waals surface area contributed by atoms with Gasteiger partial charge in [-0.15, -0.1) is 0 Å². The molecule has 0 aliphatic carbocycles. The van der Waals surface area contributed by atoms with Crippen molar-refractivity contribution in [3.8, 4) is 6.07 Å². The highest BCUT2D eigenvalue weighted by Gasteiger charge is 2.39. The number of carbonyl (C=O) groups is 1. The maximum atomic E-state index is 12.6. The second-order valence-electron chi connectivity index (χ2n) is 2.89. The Morgan fingerprint density at radius 1 is 1.56 bits per heavy atom. The van der Waals surface area contributed by atoms with E-state index in [1.165, 1.54) is 13.0 Å². The first-order chi connectivity index (χ1) is 7.29. The predicted molar refractivity (Wildman–Crippen MR) is 48.9 cm³/mol. The lowest BCUT2D eigenvalue weighted by Crippen LogP contribution is -2.15. The van der Waals surface area contributed by atoms with Gasteiger partial charge in [-0.3, -0.25) is 9.78 Å². The zero-order chi connectivity index (χ0) is 12.5. The maximum Gasteiger partial charge on any atom is 0.418 e. The molecule has 84 valence electrons. The van der Waals surface area contributed by atoms with Crippen LogP contribution in [0, 0.1) is 18.3 Å². The van der Waals surface area contributed by atoms with Crippen molar-refractivity contribution in [2.24, 2.45) is 0 Å². The molecule has 3 nitrogen and oxygen atoms in total. The van der Waals surface area contributed by atoms with Crippen LogP contribution in [0.25, 0.3) is 0 Å². The van der Waals surface area contributed by atoms with E-state index in [1.807, 2.05) is 0 Å². The molecule has 0 atom stereocenters. The van der Waals surface area contributed by atoms with Crippen LogP contribution < -0.4 is 0 Å². The third kappa shape index (κ3) is 2.14. The molecule has 0 aromatic carbocycles. The molecule has 0 aliphatic heterocycles. The largest absolute Gasteiger partial charge is 0.418 e. The molecule has 0 saturated heterocycles. The van der Waals surface area contributed by atoms with Gasteiger partial charge >= 0.3 is 6.18 Å². The number of aromatic nitrogens is 1. The number of hydrogen-bond acceptors (Lipinski definition) is 3. The van der Waals surface area contributed by atoms with Gasteiger partial charge in [-0.25, -0.2) is 0 Å². The van der Waals surface area contributed by atoms with Gasteiger partial charge in [0.2, 0.25) is 0 Å². The van der Waals surface area contributed by atoms with Crippen molar-refractivity contribution in [1.29, 1.82) is 5.26 Å². The van der Waals surface area contributed by atoms with E-state index in [0.717, 1.165) is 0 Å². The Labute approximate surface area is 93.5 Å². The monoisotopic (exact) mass is 248 g/mol. The number of carbonyl (C=O) groups excluding carboxylic acids is 1. The van der Waals surface area contributed by atoms with Crippen LogP contribution >= 0.6 is 11.6 Å². The number of nitriles is 1. The standard InChI is InChI=1S/C9H4ClF3N2O/c1-4-5(2-14)7(9(11,12)13)6(3-15-4)8(10)16/h3H,1H3. The van der Waals surface area contributed by atoms with E-state index in [0.29, 0.717) is 6.20 Å². The van der Waals surface area contributed by atoms with Gasteiger partial charge in [0, 0.05) is 6.20 Å². The van der Waals surface area contributed by atoms with Gasteiger partial charge in [-0.2, -0.15) is 18.4 Å². The SMILES string of the molecule is Cc1ncc(C(=O)Cl)c(C(F)(F)F)c1C#N. The first-order valence-corrected chi connectivity index (χ1v) is 4.33. The van der Waals surface area contributed by atoms with E-state index in [-0.39, 0.29) is 5.69 Å². The number of aryl methyl sites for hydroxylation is 1. The van der Waals surface area contributed by atoms with Crippen molar-refractivity contribution < 1.29 is 18.0 Å². The van der Waals surface area contributed by atoms with Gasteiger partial charge in [-0.1, -0.05) is 0 Å². The van der Waals surface area contributed by atoms with E-state index in [1.54, 1.807) is 0 Å². The molecule has 0 fully saturated rings. The second-order valence-corrected chi connectivity index (χ2v) is 3.23. The average Bonchev–Trinajstić information content (AvgIpc) is 2.15. The first-order valence-electron chi connectivity index (χ1n) is 3.95. The normalized spacial score (nSPS) is 11.0. The molecule has 1 rings (SSSR count). The van der Waals surface area contributed by atoms with E-state index in [9.17, 15) is 18.0 Å². The van der Waals surface area contributed by atoms with Gasteiger partial charge < -0.3 is 0 Å². The summed E-state index contributed by atoms with van der Waals surface area (Å²) in [6.07, 6.45) is -4.10. The van der Waals surface area contributed by atoms with E-state index >= 15 is 0 Å². The van der Waals surface area contributed by atoms with Crippen molar-refractivity contribution in [3.05, 3.63) is 28.6 Å². The van der Waals surface area contributed by atoms with Crippen molar-refractivity contribution in [1.82, 2.24) is 4.98 Å². The molecule has 0 aliphatic rings. The molecule has 1 aromatic rings. The van der Waals surface area contributed by atoms with Crippen LogP contribution in [0.5, 0.6) is 0 Å². The summed E-state index contributed by atoms with van der Waals surface area (Å²) in [5, 5.41) is 7.33. The molecule has 0 spiro atoms. The molecule has 16 heavy (non-hydrogen) atoms. The molecule has 0 N–H and O–H groups in total. The number of alkyl halides is 3. The molecule has 0 bridgehead atoms. The number of rotatable bonds is 1. The van der Waals surface area contributed by atoms with Crippen LogP contribution in [0.4, 0.5) is 13.2 Å². The van der Waals surface area contributed by atoms with Crippen LogP contribution in [0.1, 0.15) is 27.2 Å². The minimum Gasteiger partial charge on any atom is -0.276 e. The summed E-state index contributed by atoms with van der Waals surface area (Å²) >= 11 is 5.01. The molecular weight excluding hydrogens is 245 g/mol. The minimum atomic E-state index is -4.82. The summed E-state index contributed by atoms with van der Waals surface area (Å²) in [5.41, 5.74) is -2.92. The van der Waals surface area contributed by atoms with Gasteiger partial charge in [0.15, 0.2) is 0 Å². The van der Waals surface area contributed by atoms with Crippen LogP contribution in [-0.2, 0) is 6.18 Å². The quantitative estimate of drug-likeness (QED) is 0.718. The summed E-state index contributed by atoms with van der Waals surface area (Å²) < 4.78 is 37.9. The Bertz CT molecular complexity index is 491. The molecule has 0 radical (unpaired) electrons. The van der Waals surface area contributed by atoms with Crippen LogP contribution in [0.2, 0.25) is 0 Å². The fourth-order valence-corrected chi connectivity index (χ4v) is 1.33. The van der Waals surface area contributed by atoms with E-state index in [2.05, 4.69) is 4.98 Å².